The molecule has 0 spiro atoms. The first-order valence-electron chi connectivity index (χ1n) is 8.60. The number of amides is 1. The number of carbonyl (C=O) groups excluding carboxylic acids is 1. The van der Waals surface area contributed by atoms with E-state index in [0.29, 0.717) is 0 Å². The first-order valence-corrected chi connectivity index (χ1v) is 8.60. The Kier molecular flexibility index (Phi) is 4.06. The van der Waals surface area contributed by atoms with Gasteiger partial charge in [0.2, 0.25) is 5.91 Å². The van der Waals surface area contributed by atoms with Crippen LogP contribution in [-0.4, -0.2) is 26.9 Å². The lowest BCUT2D eigenvalue weighted by atomic mass is 9.78. The maximum atomic E-state index is 13.5. The van der Waals surface area contributed by atoms with E-state index in [1.165, 1.54) is 24.5 Å². The molecule has 26 heavy (non-hydrogen) atoms. The summed E-state index contributed by atoms with van der Waals surface area (Å²) in [5, 5.41) is 3.76. The SMILES string of the molecule is Cc1[nH]c2ccc(F)cc2c1CC(=O)NC1CC(c2cc(=O)[nH]cn2)C1. The number of fused-ring (bicyclic) bond motifs is 1. The number of benzene rings is 1. The summed E-state index contributed by atoms with van der Waals surface area (Å²) in [5.41, 5.74) is 3.13. The zero-order valence-corrected chi connectivity index (χ0v) is 14.3. The quantitative estimate of drug-likeness (QED) is 0.671. The van der Waals surface area contributed by atoms with Crippen LogP contribution in [-0.2, 0) is 11.2 Å². The van der Waals surface area contributed by atoms with Crippen molar-refractivity contribution < 1.29 is 9.18 Å². The Morgan fingerprint density at radius 3 is 2.92 bits per heavy atom. The minimum absolute atomic E-state index is 0.0795. The van der Waals surface area contributed by atoms with Gasteiger partial charge in [-0.2, -0.15) is 0 Å². The molecule has 0 bridgehead atoms. The molecule has 6 nitrogen and oxygen atoms in total. The van der Waals surface area contributed by atoms with Gasteiger partial charge in [0, 0.05) is 34.6 Å². The molecule has 1 aliphatic carbocycles. The predicted molar refractivity (Wildman–Crippen MR) is 95.5 cm³/mol. The number of aromatic nitrogens is 3. The van der Waals surface area contributed by atoms with Gasteiger partial charge in [0.05, 0.1) is 18.4 Å². The Morgan fingerprint density at radius 2 is 2.15 bits per heavy atom. The topological polar surface area (TPSA) is 90.6 Å². The highest BCUT2D eigenvalue weighted by Crippen LogP contribution is 2.35. The molecule has 1 saturated carbocycles. The van der Waals surface area contributed by atoms with Gasteiger partial charge >= 0.3 is 0 Å². The highest BCUT2D eigenvalue weighted by Gasteiger charge is 2.32. The van der Waals surface area contributed by atoms with E-state index in [1.807, 2.05) is 6.92 Å². The van der Waals surface area contributed by atoms with Crippen molar-refractivity contribution in [1.29, 1.82) is 0 Å². The highest BCUT2D eigenvalue weighted by molar-refractivity contribution is 5.90. The van der Waals surface area contributed by atoms with Gasteiger partial charge in [-0.1, -0.05) is 0 Å². The lowest BCUT2D eigenvalue weighted by Gasteiger charge is -2.35. The lowest BCUT2D eigenvalue weighted by Crippen LogP contribution is -2.44. The Bertz CT molecular complexity index is 1030. The molecule has 1 fully saturated rings. The third kappa shape index (κ3) is 3.12. The maximum Gasteiger partial charge on any atom is 0.250 e. The van der Waals surface area contributed by atoms with E-state index in [0.717, 1.165) is 40.7 Å². The summed E-state index contributed by atoms with van der Waals surface area (Å²) < 4.78 is 13.5. The third-order valence-corrected chi connectivity index (χ3v) is 5.04. The average molecular weight is 354 g/mol. The summed E-state index contributed by atoms with van der Waals surface area (Å²) in [6, 6.07) is 6.13. The van der Waals surface area contributed by atoms with Crippen molar-refractivity contribution in [3.8, 4) is 0 Å². The van der Waals surface area contributed by atoms with Gasteiger partial charge in [-0.15, -0.1) is 0 Å². The molecule has 2 aromatic heterocycles. The molecule has 0 unspecified atom stereocenters. The van der Waals surface area contributed by atoms with Crippen molar-refractivity contribution in [3.05, 3.63) is 63.7 Å². The maximum absolute atomic E-state index is 13.5. The zero-order valence-electron chi connectivity index (χ0n) is 14.3. The monoisotopic (exact) mass is 354 g/mol. The Morgan fingerprint density at radius 1 is 1.35 bits per heavy atom. The molecule has 134 valence electrons. The van der Waals surface area contributed by atoms with Crippen LogP contribution in [0.3, 0.4) is 0 Å². The van der Waals surface area contributed by atoms with Crippen LogP contribution in [0.1, 0.15) is 35.7 Å². The zero-order chi connectivity index (χ0) is 18.3. The van der Waals surface area contributed by atoms with Gasteiger partial charge in [0.1, 0.15) is 5.82 Å². The number of rotatable bonds is 4. The average Bonchev–Trinajstić information content (AvgIpc) is 2.86. The number of nitrogens with zero attached hydrogens (tertiary/aromatic N) is 1. The highest BCUT2D eigenvalue weighted by atomic mass is 19.1. The number of aromatic amines is 2. The van der Waals surface area contributed by atoms with Gasteiger partial charge in [-0.05, 0) is 43.5 Å². The molecular formula is C19H19FN4O2. The molecule has 7 heteroatoms. The van der Waals surface area contributed by atoms with Gasteiger partial charge < -0.3 is 15.3 Å². The molecule has 1 aliphatic rings. The summed E-state index contributed by atoms with van der Waals surface area (Å²) >= 11 is 0. The molecule has 3 N–H and O–H groups in total. The molecule has 2 heterocycles. The summed E-state index contributed by atoms with van der Waals surface area (Å²) in [7, 11) is 0. The molecule has 3 aromatic rings. The van der Waals surface area contributed by atoms with E-state index in [1.54, 1.807) is 6.07 Å². The fourth-order valence-corrected chi connectivity index (χ4v) is 3.61. The van der Waals surface area contributed by atoms with Crippen LogP contribution in [0.5, 0.6) is 0 Å². The molecular weight excluding hydrogens is 335 g/mol. The number of halogens is 1. The molecule has 1 amide bonds. The van der Waals surface area contributed by atoms with E-state index in [4.69, 9.17) is 0 Å². The smallest absolute Gasteiger partial charge is 0.250 e. The van der Waals surface area contributed by atoms with Crippen molar-refractivity contribution in [3.63, 3.8) is 0 Å². The molecule has 0 radical (unpaired) electrons. The number of carbonyl (C=O) groups is 1. The first kappa shape index (κ1) is 16.5. The summed E-state index contributed by atoms with van der Waals surface area (Å²) in [5.74, 6) is -0.197. The van der Waals surface area contributed by atoms with Crippen molar-refractivity contribution in [2.45, 2.75) is 38.1 Å². The van der Waals surface area contributed by atoms with Crippen LogP contribution >= 0.6 is 0 Å². The predicted octanol–water partition coefficient (Wildman–Crippen LogP) is 2.30. The van der Waals surface area contributed by atoms with E-state index in [2.05, 4.69) is 20.3 Å². The molecule has 0 aliphatic heterocycles. The van der Waals surface area contributed by atoms with Crippen molar-refractivity contribution in [2.75, 3.05) is 0 Å². The fourth-order valence-electron chi connectivity index (χ4n) is 3.61. The second-order valence-corrected chi connectivity index (χ2v) is 6.86. The number of H-pyrrole nitrogens is 2. The van der Waals surface area contributed by atoms with Crippen LogP contribution in [0.2, 0.25) is 0 Å². The van der Waals surface area contributed by atoms with Gasteiger partial charge in [-0.3, -0.25) is 9.59 Å². The van der Waals surface area contributed by atoms with E-state index in [-0.39, 0.29) is 35.7 Å². The van der Waals surface area contributed by atoms with Crippen molar-refractivity contribution in [2.24, 2.45) is 0 Å². The van der Waals surface area contributed by atoms with Crippen LogP contribution in [0.25, 0.3) is 10.9 Å². The second-order valence-electron chi connectivity index (χ2n) is 6.86. The van der Waals surface area contributed by atoms with Crippen molar-refractivity contribution >= 4 is 16.8 Å². The minimum Gasteiger partial charge on any atom is -0.358 e. The molecule has 0 saturated heterocycles. The summed E-state index contributed by atoms with van der Waals surface area (Å²) in [6.07, 6.45) is 3.15. The lowest BCUT2D eigenvalue weighted by molar-refractivity contribution is -0.121. The molecule has 0 atom stereocenters. The number of hydrogen-bond donors (Lipinski definition) is 3. The van der Waals surface area contributed by atoms with Gasteiger partial charge in [0.15, 0.2) is 0 Å². The molecule has 4 rings (SSSR count). The minimum atomic E-state index is -0.314. The van der Waals surface area contributed by atoms with Crippen LogP contribution < -0.4 is 10.9 Å². The van der Waals surface area contributed by atoms with E-state index < -0.39 is 0 Å². The van der Waals surface area contributed by atoms with Crippen LogP contribution in [0.15, 0.2) is 35.4 Å². The van der Waals surface area contributed by atoms with Crippen LogP contribution in [0.4, 0.5) is 4.39 Å². The first-order chi connectivity index (χ1) is 12.5. The number of hydrogen-bond acceptors (Lipinski definition) is 3. The Hall–Kier alpha value is -2.96. The molecule has 1 aromatic carbocycles. The van der Waals surface area contributed by atoms with Crippen LogP contribution in [0, 0.1) is 12.7 Å². The van der Waals surface area contributed by atoms with E-state index in [9.17, 15) is 14.0 Å². The number of nitrogens with one attached hydrogen (secondary N) is 3. The van der Waals surface area contributed by atoms with Crippen molar-refractivity contribution in [1.82, 2.24) is 20.3 Å². The Labute approximate surface area is 148 Å². The fraction of sp³-hybridized carbons (Fsp3) is 0.316. The van der Waals surface area contributed by atoms with Gasteiger partial charge in [-0.25, -0.2) is 9.37 Å². The largest absolute Gasteiger partial charge is 0.358 e. The Balaban J connectivity index is 1.39. The number of aryl methyl sites for hydroxylation is 1. The summed E-state index contributed by atoms with van der Waals surface area (Å²) in [6.45, 7) is 1.89. The van der Waals surface area contributed by atoms with E-state index >= 15 is 0 Å². The summed E-state index contributed by atoms with van der Waals surface area (Å²) in [4.78, 5) is 33.6. The van der Waals surface area contributed by atoms with Gasteiger partial charge in [0.25, 0.3) is 5.56 Å². The third-order valence-electron chi connectivity index (χ3n) is 5.04. The normalized spacial score (nSPS) is 19.3. The second kappa shape index (κ2) is 6.40. The standard InChI is InChI=1S/C19H19FN4O2/c1-10-14(15-6-12(20)2-3-16(15)23-10)7-19(26)24-13-4-11(5-13)17-8-18(25)22-9-21-17/h2-3,6,8-9,11,13,23H,4-5,7H2,1H3,(H,24,26)(H,21,22,25).